The van der Waals surface area contributed by atoms with E-state index in [1.807, 2.05) is 66.9 Å². The molecule has 0 bridgehead atoms. The maximum absolute atomic E-state index is 12.9. The van der Waals surface area contributed by atoms with Gasteiger partial charge in [-0.25, -0.2) is 13.4 Å². The average molecular weight is 542 g/mol. The third-order valence-corrected chi connectivity index (χ3v) is 7.72. The van der Waals surface area contributed by atoms with E-state index < -0.39 is 15.9 Å². The summed E-state index contributed by atoms with van der Waals surface area (Å²) >= 11 is 1.30. The highest BCUT2D eigenvalue weighted by molar-refractivity contribution is 7.92. The first-order valence-corrected chi connectivity index (χ1v) is 14.0. The number of nitrogens with zero attached hydrogens (tertiary/aromatic N) is 1. The highest BCUT2D eigenvalue weighted by atomic mass is 32.2. The standard InChI is InChI=1S/C29H23N3O4S2/c1-20-10-16-26(17-11-20)38(34,35)32-23-7-5-6-22(18-23)28(33)31-29-30-27(19-37-29)21-12-14-25(15-13-21)36-24-8-3-2-4-9-24/h2-19,32H,1H3,(H,30,31,33). The van der Waals surface area contributed by atoms with Crippen molar-refractivity contribution < 1.29 is 17.9 Å². The fraction of sp³-hybridized carbons (Fsp3) is 0.0345. The van der Waals surface area contributed by atoms with Gasteiger partial charge in [-0.1, -0.05) is 42.0 Å². The van der Waals surface area contributed by atoms with Crippen LogP contribution in [-0.2, 0) is 10.0 Å². The van der Waals surface area contributed by atoms with E-state index in [-0.39, 0.29) is 10.6 Å². The largest absolute Gasteiger partial charge is 0.457 e. The van der Waals surface area contributed by atoms with E-state index in [0.717, 1.165) is 22.6 Å². The summed E-state index contributed by atoms with van der Waals surface area (Å²) < 4.78 is 33.8. The summed E-state index contributed by atoms with van der Waals surface area (Å²) in [6, 6.07) is 29.9. The molecule has 0 saturated carbocycles. The number of rotatable bonds is 8. The van der Waals surface area contributed by atoms with E-state index in [1.54, 1.807) is 30.3 Å². The first-order valence-electron chi connectivity index (χ1n) is 11.7. The van der Waals surface area contributed by atoms with Gasteiger partial charge >= 0.3 is 0 Å². The Balaban J connectivity index is 1.24. The predicted molar refractivity (Wildman–Crippen MR) is 150 cm³/mol. The number of hydrogen-bond acceptors (Lipinski definition) is 6. The van der Waals surface area contributed by atoms with Gasteiger partial charge in [0.15, 0.2) is 5.13 Å². The number of carbonyl (C=O) groups is 1. The summed E-state index contributed by atoms with van der Waals surface area (Å²) in [7, 11) is -3.78. The second-order valence-electron chi connectivity index (χ2n) is 8.43. The number of para-hydroxylation sites is 1. The van der Waals surface area contributed by atoms with Gasteiger partial charge in [0.1, 0.15) is 11.5 Å². The number of nitrogens with one attached hydrogen (secondary N) is 2. The van der Waals surface area contributed by atoms with Gasteiger partial charge in [-0.15, -0.1) is 11.3 Å². The van der Waals surface area contributed by atoms with Crippen LogP contribution in [0.25, 0.3) is 11.3 Å². The Morgan fingerprint density at radius 3 is 2.29 bits per heavy atom. The van der Waals surface area contributed by atoms with Gasteiger partial charge in [-0.2, -0.15) is 0 Å². The Morgan fingerprint density at radius 1 is 0.842 bits per heavy atom. The maximum Gasteiger partial charge on any atom is 0.261 e. The molecule has 2 N–H and O–H groups in total. The van der Waals surface area contributed by atoms with Crippen molar-refractivity contribution >= 4 is 38.1 Å². The zero-order valence-electron chi connectivity index (χ0n) is 20.3. The molecule has 1 aromatic heterocycles. The lowest BCUT2D eigenvalue weighted by Gasteiger charge is -2.10. The fourth-order valence-electron chi connectivity index (χ4n) is 3.61. The normalized spacial score (nSPS) is 11.1. The van der Waals surface area contributed by atoms with Crippen molar-refractivity contribution in [2.45, 2.75) is 11.8 Å². The number of sulfonamides is 1. The third kappa shape index (κ3) is 6.08. The van der Waals surface area contributed by atoms with Gasteiger partial charge in [-0.05, 0) is 73.7 Å². The van der Waals surface area contributed by atoms with Crippen LogP contribution >= 0.6 is 11.3 Å². The molecule has 1 amide bonds. The minimum Gasteiger partial charge on any atom is -0.457 e. The molecule has 0 aliphatic heterocycles. The van der Waals surface area contributed by atoms with E-state index >= 15 is 0 Å². The Labute approximate surface area is 224 Å². The van der Waals surface area contributed by atoms with Gasteiger partial charge in [0.25, 0.3) is 15.9 Å². The van der Waals surface area contributed by atoms with Crippen molar-refractivity contribution in [3.8, 4) is 22.8 Å². The third-order valence-electron chi connectivity index (χ3n) is 5.56. The molecule has 7 nitrogen and oxygen atoms in total. The monoisotopic (exact) mass is 541 g/mol. The number of anilines is 2. The van der Waals surface area contributed by atoms with Crippen molar-refractivity contribution in [2.75, 3.05) is 10.0 Å². The minimum atomic E-state index is -3.78. The first kappa shape index (κ1) is 25.2. The lowest BCUT2D eigenvalue weighted by atomic mass is 10.2. The topological polar surface area (TPSA) is 97.4 Å². The van der Waals surface area contributed by atoms with Crippen molar-refractivity contribution in [3.05, 3.63) is 120 Å². The van der Waals surface area contributed by atoms with Crippen molar-refractivity contribution in [2.24, 2.45) is 0 Å². The first-order chi connectivity index (χ1) is 18.4. The molecule has 4 aromatic carbocycles. The maximum atomic E-state index is 12.9. The van der Waals surface area contributed by atoms with Crippen molar-refractivity contribution in [3.63, 3.8) is 0 Å². The molecule has 5 rings (SSSR count). The van der Waals surface area contributed by atoms with Gasteiger partial charge < -0.3 is 4.74 Å². The van der Waals surface area contributed by atoms with Gasteiger partial charge in [-0.3, -0.25) is 14.8 Å². The van der Waals surface area contributed by atoms with E-state index in [4.69, 9.17) is 4.74 Å². The SMILES string of the molecule is Cc1ccc(S(=O)(=O)Nc2cccc(C(=O)Nc3nc(-c4ccc(Oc5ccccc5)cc4)cs3)c2)cc1. The second kappa shape index (κ2) is 10.9. The minimum absolute atomic E-state index is 0.146. The molecule has 9 heteroatoms. The van der Waals surface area contributed by atoms with Crippen LogP contribution in [0.5, 0.6) is 11.5 Å². The van der Waals surface area contributed by atoms with Crippen LogP contribution in [-0.4, -0.2) is 19.3 Å². The summed E-state index contributed by atoms with van der Waals surface area (Å²) in [5, 5.41) is 5.07. The van der Waals surface area contributed by atoms with Gasteiger partial charge in [0, 0.05) is 22.2 Å². The summed E-state index contributed by atoms with van der Waals surface area (Å²) in [5.74, 6) is 1.07. The van der Waals surface area contributed by atoms with Gasteiger partial charge in [0.2, 0.25) is 0 Å². The van der Waals surface area contributed by atoms with Crippen LogP contribution < -0.4 is 14.8 Å². The van der Waals surface area contributed by atoms with E-state index in [2.05, 4.69) is 15.0 Å². The highest BCUT2D eigenvalue weighted by Gasteiger charge is 2.16. The van der Waals surface area contributed by atoms with Crippen LogP contribution in [0, 0.1) is 6.92 Å². The number of amides is 1. The Morgan fingerprint density at radius 2 is 1.55 bits per heavy atom. The molecule has 38 heavy (non-hydrogen) atoms. The van der Waals surface area contributed by atoms with Crippen LogP contribution in [0.1, 0.15) is 15.9 Å². The number of thiazole rings is 1. The molecular formula is C29H23N3O4S2. The van der Waals surface area contributed by atoms with E-state index in [0.29, 0.717) is 16.4 Å². The average Bonchev–Trinajstić information content (AvgIpc) is 3.38. The zero-order chi connectivity index (χ0) is 26.5. The molecule has 5 aromatic rings. The van der Waals surface area contributed by atoms with Crippen LogP contribution in [0.15, 0.2) is 113 Å². The molecule has 0 aliphatic carbocycles. The highest BCUT2D eigenvalue weighted by Crippen LogP contribution is 2.28. The van der Waals surface area contributed by atoms with Crippen LogP contribution in [0.4, 0.5) is 10.8 Å². The smallest absolute Gasteiger partial charge is 0.261 e. The lowest BCUT2D eigenvalue weighted by Crippen LogP contribution is -2.15. The summed E-state index contributed by atoms with van der Waals surface area (Å²) in [6.07, 6.45) is 0. The van der Waals surface area contributed by atoms with Crippen LogP contribution in [0.3, 0.4) is 0 Å². The molecular weight excluding hydrogens is 518 g/mol. The quantitative estimate of drug-likeness (QED) is 0.221. The van der Waals surface area contributed by atoms with E-state index in [1.165, 1.54) is 29.5 Å². The number of ether oxygens (including phenoxy) is 1. The number of hydrogen-bond donors (Lipinski definition) is 2. The van der Waals surface area contributed by atoms with Crippen molar-refractivity contribution in [1.82, 2.24) is 4.98 Å². The fourth-order valence-corrected chi connectivity index (χ4v) is 5.37. The zero-order valence-corrected chi connectivity index (χ0v) is 21.9. The molecule has 0 unspecified atom stereocenters. The molecule has 0 atom stereocenters. The Hall–Kier alpha value is -4.47. The molecule has 0 spiro atoms. The second-order valence-corrected chi connectivity index (χ2v) is 11.0. The molecule has 0 fully saturated rings. The van der Waals surface area contributed by atoms with Crippen LogP contribution in [0.2, 0.25) is 0 Å². The summed E-state index contributed by atoms with van der Waals surface area (Å²) in [6.45, 7) is 1.88. The van der Waals surface area contributed by atoms with E-state index in [9.17, 15) is 13.2 Å². The number of carbonyl (C=O) groups excluding carboxylic acids is 1. The summed E-state index contributed by atoms with van der Waals surface area (Å²) in [5.41, 5.74) is 3.15. The summed E-state index contributed by atoms with van der Waals surface area (Å²) in [4.78, 5) is 17.5. The molecule has 0 radical (unpaired) electrons. The predicted octanol–water partition coefficient (Wildman–Crippen LogP) is 6.96. The molecule has 0 saturated heterocycles. The number of benzene rings is 4. The van der Waals surface area contributed by atoms with Crippen molar-refractivity contribution in [1.29, 1.82) is 0 Å². The number of aryl methyl sites for hydroxylation is 1. The van der Waals surface area contributed by atoms with Gasteiger partial charge in [0.05, 0.1) is 10.6 Å². The molecule has 1 heterocycles. The Kier molecular flexibility index (Phi) is 7.21. The molecule has 0 aliphatic rings. The number of aromatic nitrogens is 1. The Bertz CT molecular complexity index is 1670. The molecule has 190 valence electrons. The lowest BCUT2D eigenvalue weighted by molar-refractivity contribution is 0.102.